The van der Waals surface area contributed by atoms with Crippen molar-refractivity contribution < 1.29 is 0 Å². The molecule has 20 heavy (non-hydrogen) atoms. The van der Waals surface area contributed by atoms with Gasteiger partial charge in [0.2, 0.25) is 0 Å². The van der Waals surface area contributed by atoms with Gasteiger partial charge in [0.15, 0.2) is 0 Å². The minimum absolute atomic E-state index is 0.0966. The zero-order valence-electron chi connectivity index (χ0n) is 13.7. The van der Waals surface area contributed by atoms with Gasteiger partial charge in [-0.25, -0.2) is 0 Å². The third kappa shape index (κ3) is 2.91. The Hall–Kier alpha value is -0.860. The summed E-state index contributed by atoms with van der Waals surface area (Å²) in [4.78, 5) is 2.68. The smallest absolute Gasteiger partial charge is 0.0560 e. The number of nitrogens with one attached hydrogen (secondary N) is 1. The minimum atomic E-state index is 0.0966. The molecule has 1 aliphatic heterocycles. The Morgan fingerprint density at radius 2 is 1.90 bits per heavy atom. The van der Waals surface area contributed by atoms with Crippen LogP contribution in [-0.2, 0) is 5.54 Å². The van der Waals surface area contributed by atoms with Crippen LogP contribution in [0.1, 0.15) is 46.6 Å². The summed E-state index contributed by atoms with van der Waals surface area (Å²) in [6, 6.07) is 12.1. The molecular weight excluding hydrogens is 244 g/mol. The Labute approximate surface area is 124 Å². The molecule has 0 radical (unpaired) electrons. The molecule has 1 saturated heterocycles. The molecule has 0 aromatic heterocycles. The SMILES string of the molecule is CCC(C)C1CN(C(C)C)C(C)(c2ccccc2)CN1. The van der Waals surface area contributed by atoms with Crippen molar-refractivity contribution in [1.29, 1.82) is 0 Å². The lowest BCUT2D eigenvalue weighted by Crippen LogP contribution is -2.64. The summed E-state index contributed by atoms with van der Waals surface area (Å²) in [5, 5.41) is 3.80. The molecule has 2 rings (SSSR count). The fourth-order valence-corrected chi connectivity index (χ4v) is 3.42. The largest absolute Gasteiger partial charge is 0.310 e. The third-order valence-corrected chi connectivity index (χ3v) is 5.09. The zero-order chi connectivity index (χ0) is 14.8. The molecule has 0 spiro atoms. The molecule has 3 atom stereocenters. The molecule has 1 aromatic rings. The first-order valence-electron chi connectivity index (χ1n) is 8.04. The van der Waals surface area contributed by atoms with Gasteiger partial charge in [-0.2, -0.15) is 0 Å². The lowest BCUT2D eigenvalue weighted by atomic mass is 9.83. The Bertz CT molecular complexity index is 415. The first-order valence-corrected chi connectivity index (χ1v) is 8.04. The van der Waals surface area contributed by atoms with E-state index in [2.05, 4.69) is 75.2 Å². The van der Waals surface area contributed by atoms with Crippen LogP contribution in [0, 0.1) is 5.92 Å². The molecule has 112 valence electrons. The highest BCUT2D eigenvalue weighted by molar-refractivity contribution is 5.25. The predicted octanol–water partition coefficient (Wildman–Crippen LogP) is 3.63. The molecule has 0 saturated carbocycles. The van der Waals surface area contributed by atoms with E-state index in [0.717, 1.165) is 19.0 Å². The minimum Gasteiger partial charge on any atom is -0.310 e. The Balaban J connectivity index is 2.26. The second-order valence-electron chi connectivity index (χ2n) is 6.76. The van der Waals surface area contributed by atoms with E-state index in [0.29, 0.717) is 12.1 Å². The summed E-state index contributed by atoms with van der Waals surface area (Å²) in [5.74, 6) is 0.733. The fraction of sp³-hybridized carbons (Fsp3) is 0.667. The van der Waals surface area contributed by atoms with Crippen molar-refractivity contribution in [1.82, 2.24) is 10.2 Å². The van der Waals surface area contributed by atoms with Crippen LogP contribution in [0.4, 0.5) is 0 Å². The average Bonchev–Trinajstić information content (AvgIpc) is 2.47. The second kappa shape index (κ2) is 6.28. The second-order valence-corrected chi connectivity index (χ2v) is 6.76. The molecule has 3 unspecified atom stereocenters. The summed E-state index contributed by atoms with van der Waals surface area (Å²) in [6.07, 6.45) is 1.24. The lowest BCUT2D eigenvalue weighted by molar-refractivity contribution is 0.0109. The number of nitrogens with zero attached hydrogens (tertiary/aromatic N) is 1. The maximum Gasteiger partial charge on any atom is 0.0560 e. The zero-order valence-corrected chi connectivity index (χ0v) is 13.7. The van der Waals surface area contributed by atoms with Crippen molar-refractivity contribution in [3.63, 3.8) is 0 Å². The van der Waals surface area contributed by atoms with E-state index in [9.17, 15) is 0 Å². The summed E-state index contributed by atoms with van der Waals surface area (Å²) < 4.78 is 0. The van der Waals surface area contributed by atoms with Crippen LogP contribution >= 0.6 is 0 Å². The number of benzene rings is 1. The van der Waals surface area contributed by atoms with Gasteiger partial charge in [-0.05, 0) is 32.3 Å². The molecule has 2 nitrogen and oxygen atoms in total. The summed E-state index contributed by atoms with van der Waals surface area (Å²) in [7, 11) is 0. The van der Waals surface area contributed by atoms with Crippen LogP contribution in [0.2, 0.25) is 0 Å². The number of rotatable bonds is 4. The van der Waals surface area contributed by atoms with Crippen LogP contribution in [0.15, 0.2) is 30.3 Å². The predicted molar refractivity (Wildman–Crippen MR) is 86.9 cm³/mol. The molecule has 1 aliphatic rings. The molecule has 0 bridgehead atoms. The molecule has 0 amide bonds. The van der Waals surface area contributed by atoms with Crippen LogP contribution in [0.3, 0.4) is 0 Å². The van der Waals surface area contributed by atoms with Crippen LogP contribution in [0.25, 0.3) is 0 Å². The van der Waals surface area contributed by atoms with Gasteiger partial charge in [0.25, 0.3) is 0 Å². The standard InChI is InChI=1S/C18H30N2/c1-6-15(4)17-12-20(14(2)3)18(5,13-19-17)16-10-8-7-9-11-16/h7-11,14-15,17,19H,6,12-13H2,1-5H3. The van der Waals surface area contributed by atoms with Gasteiger partial charge < -0.3 is 5.32 Å². The monoisotopic (exact) mass is 274 g/mol. The van der Waals surface area contributed by atoms with Gasteiger partial charge >= 0.3 is 0 Å². The fourth-order valence-electron chi connectivity index (χ4n) is 3.42. The topological polar surface area (TPSA) is 15.3 Å². The quantitative estimate of drug-likeness (QED) is 0.902. The van der Waals surface area contributed by atoms with Crippen molar-refractivity contribution in [2.45, 2.75) is 58.7 Å². The van der Waals surface area contributed by atoms with E-state index >= 15 is 0 Å². The highest BCUT2D eigenvalue weighted by Gasteiger charge is 2.41. The van der Waals surface area contributed by atoms with Crippen molar-refractivity contribution in [3.05, 3.63) is 35.9 Å². The number of hydrogen-bond acceptors (Lipinski definition) is 2. The highest BCUT2D eigenvalue weighted by atomic mass is 15.3. The van der Waals surface area contributed by atoms with E-state index in [-0.39, 0.29) is 5.54 Å². The van der Waals surface area contributed by atoms with E-state index in [1.807, 2.05) is 0 Å². The van der Waals surface area contributed by atoms with Gasteiger partial charge in [-0.3, -0.25) is 4.90 Å². The maximum absolute atomic E-state index is 3.80. The summed E-state index contributed by atoms with van der Waals surface area (Å²) >= 11 is 0. The molecule has 0 aliphatic carbocycles. The molecule has 1 aromatic carbocycles. The van der Waals surface area contributed by atoms with E-state index in [4.69, 9.17) is 0 Å². The average molecular weight is 274 g/mol. The first kappa shape index (κ1) is 15.5. The van der Waals surface area contributed by atoms with E-state index < -0.39 is 0 Å². The summed E-state index contributed by atoms with van der Waals surface area (Å²) in [5.41, 5.74) is 1.52. The molecular formula is C18H30N2. The molecule has 1 N–H and O–H groups in total. The van der Waals surface area contributed by atoms with Crippen molar-refractivity contribution in [3.8, 4) is 0 Å². The Morgan fingerprint density at radius 3 is 2.45 bits per heavy atom. The van der Waals surface area contributed by atoms with Crippen LogP contribution < -0.4 is 5.32 Å². The van der Waals surface area contributed by atoms with Gasteiger partial charge in [0.05, 0.1) is 5.54 Å². The first-order chi connectivity index (χ1) is 9.49. The van der Waals surface area contributed by atoms with Gasteiger partial charge in [-0.15, -0.1) is 0 Å². The van der Waals surface area contributed by atoms with Gasteiger partial charge in [0, 0.05) is 25.2 Å². The number of hydrogen-bond donors (Lipinski definition) is 1. The van der Waals surface area contributed by atoms with Crippen LogP contribution in [-0.4, -0.2) is 30.1 Å². The molecule has 1 fully saturated rings. The Morgan fingerprint density at radius 1 is 1.25 bits per heavy atom. The highest BCUT2D eigenvalue weighted by Crippen LogP contribution is 2.33. The van der Waals surface area contributed by atoms with Gasteiger partial charge in [0.1, 0.15) is 0 Å². The Kier molecular flexibility index (Phi) is 4.87. The van der Waals surface area contributed by atoms with Crippen molar-refractivity contribution in [2.75, 3.05) is 13.1 Å². The number of piperazine rings is 1. The normalized spacial score (nSPS) is 29.6. The molecule has 1 heterocycles. The van der Waals surface area contributed by atoms with E-state index in [1.54, 1.807) is 0 Å². The van der Waals surface area contributed by atoms with Gasteiger partial charge in [-0.1, -0.05) is 50.6 Å². The van der Waals surface area contributed by atoms with Crippen LogP contribution in [0.5, 0.6) is 0 Å². The van der Waals surface area contributed by atoms with E-state index in [1.165, 1.54) is 12.0 Å². The summed E-state index contributed by atoms with van der Waals surface area (Å²) in [6.45, 7) is 13.8. The van der Waals surface area contributed by atoms with Crippen molar-refractivity contribution in [2.24, 2.45) is 5.92 Å². The third-order valence-electron chi connectivity index (χ3n) is 5.09. The molecule has 2 heteroatoms. The van der Waals surface area contributed by atoms with Crippen molar-refractivity contribution >= 4 is 0 Å². The lowest BCUT2D eigenvalue weighted by Gasteiger charge is -2.51. The maximum atomic E-state index is 3.80.